The van der Waals surface area contributed by atoms with Crippen molar-refractivity contribution in [2.75, 3.05) is 0 Å². The second-order valence-corrected chi connectivity index (χ2v) is 6.29. The summed E-state index contributed by atoms with van der Waals surface area (Å²) in [5, 5.41) is 0. The quantitative estimate of drug-likeness (QED) is 0.402. The molecule has 0 spiro atoms. The fourth-order valence-corrected chi connectivity index (χ4v) is 0. The van der Waals surface area contributed by atoms with Crippen LogP contribution >= 0.6 is 13.3 Å². The average Bonchev–Trinajstić information content (AvgIpc) is 1.12. The van der Waals surface area contributed by atoms with E-state index >= 15 is 0 Å². The third-order valence-electron chi connectivity index (χ3n) is 0. The first-order valence-corrected chi connectivity index (χ1v) is 7.03. The Hall–Kier alpha value is 1.06. The predicted molar refractivity (Wildman–Crippen MR) is 40.2 cm³/mol. The number of hydrogen-bond donors (Lipinski definition) is 2. The molecular formula is CH4N2O4P2S2. The molecule has 64 valence electrons. The van der Waals surface area contributed by atoms with Crippen LogP contribution in [0.4, 0.5) is 0 Å². The molecule has 0 aliphatic carbocycles. The maximum Gasteiger partial charge on any atom is 4.00 e. The molecule has 0 rings (SSSR count). The zero-order valence-corrected chi connectivity index (χ0v) is 8.42. The molecule has 0 saturated heterocycles. The van der Waals surface area contributed by atoms with Crippen molar-refractivity contribution in [2.45, 2.75) is 0 Å². The summed E-state index contributed by atoms with van der Waals surface area (Å²) < 4.78 is 0. The van der Waals surface area contributed by atoms with E-state index in [0.29, 0.717) is 0 Å². The minimum atomic E-state index is -3.81. The SMILES string of the molecule is NP([O-])([O-])=S.NP([O-])([O-])=S.[C+4]. The second kappa shape index (κ2) is 6.56. The molecule has 0 aromatic carbocycles. The molecule has 11 heavy (non-hydrogen) atoms. The topological polar surface area (TPSA) is 144 Å². The van der Waals surface area contributed by atoms with Crippen molar-refractivity contribution in [1.29, 1.82) is 0 Å². The first-order valence-electron chi connectivity index (χ1n) is 1.61. The van der Waals surface area contributed by atoms with Gasteiger partial charge in [0.05, 0.1) is 0 Å². The van der Waals surface area contributed by atoms with E-state index < -0.39 is 13.3 Å². The molecule has 0 aliphatic heterocycles. The van der Waals surface area contributed by atoms with E-state index in [0.717, 1.165) is 0 Å². The molecule has 0 aromatic rings. The van der Waals surface area contributed by atoms with Crippen LogP contribution in [0.3, 0.4) is 0 Å². The third-order valence-corrected chi connectivity index (χ3v) is 0. The van der Waals surface area contributed by atoms with Gasteiger partial charge in [-0.25, -0.2) is 0 Å². The van der Waals surface area contributed by atoms with E-state index in [2.05, 4.69) is 34.6 Å². The first kappa shape index (κ1) is 18.0. The summed E-state index contributed by atoms with van der Waals surface area (Å²) in [6, 6.07) is 0. The monoisotopic (exact) mass is 234 g/mol. The molecule has 10 heteroatoms. The van der Waals surface area contributed by atoms with Crippen molar-refractivity contribution < 1.29 is 19.6 Å². The van der Waals surface area contributed by atoms with Crippen LogP contribution in [0.5, 0.6) is 0 Å². The molecule has 0 radical (unpaired) electrons. The van der Waals surface area contributed by atoms with Gasteiger partial charge in [0, 0.05) is 0 Å². The Morgan fingerprint density at radius 3 is 0.818 bits per heavy atom. The van der Waals surface area contributed by atoms with Gasteiger partial charge in [0.2, 0.25) is 0 Å². The molecule has 4 N–H and O–H groups in total. The van der Waals surface area contributed by atoms with E-state index in [4.69, 9.17) is 0 Å². The summed E-state index contributed by atoms with van der Waals surface area (Å²) in [7, 11) is 0. The Balaban J connectivity index is -0.000000107. The molecule has 0 saturated carbocycles. The van der Waals surface area contributed by atoms with Gasteiger partial charge < -0.3 is 30.6 Å². The summed E-state index contributed by atoms with van der Waals surface area (Å²) in [5.74, 6) is 0. The summed E-state index contributed by atoms with van der Waals surface area (Å²) >= 11 is 7.21. The smallest absolute Gasteiger partial charge is 0.822 e. The van der Waals surface area contributed by atoms with E-state index in [-0.39, 0.29) is 7.43 Å². The number of hydrogen-bond acceptors (Lipinski definition) is 6. The second-order valence-electron chi connectivity index (χ2n) is 1.08. The Labute approximate surface area is 75.3 Å². The van der Waals surface area contributed by atoms with Gasteiger partial charge in [-0.3, -0.25) is 0 Å². The molecule has 0 amide bonds. The fraction of sp³-hybridized carbons (Fsp3) is 0. The molecule has 0 bridgehead atoms. The molecular weight excluding hydrogens is 230 g/mol. The Morgan fingerprint density at radius 2 is 0.818 bits per heavy atom. The molecule has 0 unspecified atom stereocenters. The minimum absolute atomic E-state index is 0. The van der Waals surface area contributed by atoms with Crippen molar-refractivity contribution in [3.63, 3.8) is 0 Å². The predicted octanol–water partition coefficient (Wildman–Crippen LogP) is -4.14. The van der Waals surface area contributed by atoms with Crippen LogP contribution in [0.15, 0.2) is 0 Å². The summed E-state index contributed by atoms with van der Waals surface area (Å²) in [6.07, 6.45) is 0. The van der Waals surface area contributed by atoms with Crippen molar-refractivity contribution in [1.82, 2.24) is 0 Å². The van der Waals surface area contributed by atoms with Crippen molar-refractivity contribution in [3.05, 3.63) is 7.43 Å². The van der Waals surface area contributed by atoms with Gasteiger partial charge in [0.25, 0.3) is 0 Å². The third kappa shape index (κ3) is 808. The fourth-order valence-electron chi connectivity index (χ4n) is 0. The van der Waals surface area contributed by atoms with Crippen LogP contribution in [-0.4, -0.2) is 0 Å². The van der Waals surface area contributed by atoms with Crippen LogP contribution in [0.2, 0.25) is 0 Å². The van der Waals surface area contributed by atoms with Gasteiger partial charge in [-0.2, -0.15) is 13.3 Å². The Kier molecular flexibility index (Phi) is 10.7. The van der Waals surface area contributed by atoms with Gasteiger partial charge in [-0.1, -0.05) is 0 Å². The molecule has 0 aromatic heterocycles. The Bertz CT molecular complexity index is 136. The van der Waals surface area contributed by atoms with Crippen LogP contribution in [0.25, 0.3) is 0 Å². The van der Waals surface area contributed by atoms with Crippen molar-refractivity contribution in [3.8, 4) is 0 Å². The standard InChI is InChI=1S/C.2H4NO2PS/c;2*1-4(2,3)5/h;2*(H4,1,2,3,5)/q+4;;/p-4. The van der Waals surface area contributed by atoms with Gasteiger partial charge in [0.1, 0.15) is 0 Å². The maximum absolute atomic E-state index is 9.25. The first-order chi connectivity index (χ1) is 4.00. The van der Waals surface area contributed by atoms with Crippen LogP contribution in [0, 0.1) is 7.43 Å². The number of nitrogens with two attached hydrogens (primary N) is 2. The molecule has 0 fully saturated rings. The molecule has 6 nitrogen and oxygen atoms in total. The van der Waals surface area contributed by atoms with Crippen molar-refractivity contribution in [2.24, 2.45) is 11.0 Å². The van der Waals surface area contributed by atoms with E-state index in [1.54, 1.807) is 0 Å². The van der Waals surface area contributed by atoms with Crippen LogP contribution < -0.4 is 30.6 Å². The minimum Gasteiger partial charge on any atom is -0.822 e. The normalized spacial score (nSPS) is 10.7. The molecule has 0 heterocycles. The average molecular weight is 234 g/mol. The van der Waals surface area contributed by atoms with Crippen molar-refractivity contribution >= 4 is 36.9 Å². The summed E-state index contributed by atoms with van der Waals surface area (Å²) in [4.78, 5) is 37.0. The van der Waals surface area contributed by atoms with Crippen LogP contribution in [-0.2, 0) is 23.6 Å². The zero-order chi connectivity index (χ0) is 9.00. The Morgan fingerprint density at radius 1 is 0.818 bits per heavy atom. The van der Waals surface area contributed by atoms with E-state index in [9.17, 15) is 19.6 Å². The largest absolute Gasteiger partial charge is 4.00 e. The summed E-state index contributed by atoms with van der Waals surface area (Å²) in [5.41, 5.74) is 8.34. The maximum atomic E-state index is 9.25. The zero-order valence-electron chi connectivity index (χ0n) is 5.00. The van der Waals surface area contributed by atoms with Gasteiger partial charge in [-0.15, -0.1) is 23.6 Å². The summed E-state index contributed by atoms with van der Waals surface area (Å²) in [6.45, 7) is -7.61. The van der Waals surface area contributed by atoms with E-state index in [1.807, 2.05) is 0 Å². The number of rotatable bonds is 0. The van der Waals surface area contributed by atoms with Gasteiger partial charge in [-0.05, 0) is 0 Å². The van der Waals surface area contributed by atoms with Gasteiger partial charge >= 0.3 is 7.43 Å². The molecule has 0 aliphatic rings. The van der Waals surface area contributed by atoms with E-state index in [1.165, 1.54) is 0 Å². The van der Waals surface area contributed by atoms with Gasteiger partial charge in [0.15, 0.2) is 0 Å². The molecule has 0 atom stereocenters. The van der Waals surface area contributed by atoms with Crippen LogP contribution in [0.1, 0.15) is 0 Å².